The van der Waals surface area contributed by atoms with E-state index in [4.69, 9.17) is 0 Å². The topological polar surface area (TPSA) is 0 Å². The molecule has 0 aliphatic heterocycles. The summed E-state index contributed by atoms with van der Waals surface area (Å²) in [7, 11) is 0. The first-order valence-corrected chi connectivity index (χ1v) is 13.1. The van der Waals surface area contributed by atoms with Gasteiger partial charge in [0.05, 0.1) is 0 Å². The fourth-order valence-corrected chi connectivity index (χ4v) is 4.90. The summed E-state index contributed by atoms with van der Waals surface area (Å²) in [5.74, 6) is 3.13. The quantitative estimate of drug-likeness (QED) is 0.182. The van der Waals surface area contributed by atoms with Crippen molar-refractivity contribution in [2.75, 3.05) is 0 Å². The lowest BCUT2D eigenvalue weighted by molar-refractivity contribution is 0.354. The Kier molecular flexibility index (Phi) is 15.8. The number of hydrogen-bond acceptors (Lipinski definition) is 0. The van der Waals surface area contributed by atoms with E-state index >= 15 is 0 Å². The molecule has 0 amide bonds. The Morgan fingerprint density at radius 3 is 0.750 bits per heavy atom. The molecule has 0 fully saturated rings. The van der Waals surface area contributed by atoms with Crippen molar-refractivity contribution in [3.63, 3.8) is 0 Å². The molecule has 0 nitrogen and oxygen atoms in total. The molecule has 4 atom stereocenters. The van der Waals surface area contributed by atoms with Crippen molar-refractivity contribution < 1.29 is 0 Å². The summed E-state index contributed by atoms with van der Waals surface area (Å²) in [6.07, 6.45) is 32.9. The fraction of sp³-hybridized carbons (Fsp3) is 0.857. The molecule has 1 rings (SSSR count). The van der Waals surface area contributed by atoms with Gasteiger partial charge in [-0.1, -0.05) is 129 Å². The molecular formula is C28H52. The first kappa shape index (κ1) is 25.5. The maximum Gasteiger partial charge on any atom is -0.0170 e. The molecule has 164 valence electrons. The van der Waals surface area contributed by atoms with Gasteiger partial charge in [-0.2, -0.15) is 0 Å². The Morgan fingerprint density at radius 1 is 0.357 bits per heavy atom. The van der Waals surface area contributed by atoms with Crippen LogP contribution in [0.25, 0.3) is 0 Å². The second-order valence-corrected chi connectivity index (χ2v) is 9.41. The Morgan fingerprint density at radius 2 is 0.571 bits per heavy atom. The van der Waals surface area contributed by atoms with E-state index in [2.05, 4.69) is 52.0 Å². The summed E-state index contributed by atoms with van der Waals surface area (Å²) in [5.41, 5.74) is 0. The highest BCUT2D eigenvalue weighted by Crippen LogP contribution is 2.35. The molecule has 0 radical (unpaired) electrons. The van der Waals surface area contributed by atoms with Crippen molar-refractivity contribution in [3.8, 4) is 0 Å². The van der Waals surface area contributed by atoms with E-state index < -0.39 is 0 Å². The van der Waals surface area contributed by atoms with Crippen LogP contribution in [-0.2, 0) is 0 Å². The highest BCUT2D eigenvalue weighted by atomic mass is 14.3. The van der Waals surface area contributed by atoms with E-state index in [0.717, 1.165) is 23.7 Å². The van der Waals surface area contributed by atoms with Crippen molar-refractivity contribution in [2.45, 2.75) is 130 Å². The van der Waals surface area contributed by atoms with Gasteiger partial charge in [0.2, 0.25) is 0 Å². The predicted octanol–water partition coefficient (Wildman–Crippen LogP) is 9.90. The van der Waals surface area contributed by atoms with Gasteiger partial charge in [-0.3, -0.25) is 0 Å². The molecule has 0 aromatic rings. The zero-order valence-corrected chi connectivity index (χ0v) is 19.9. The maximum absolute atomic E-state index is 2.68. The van der Waals surface area contributed by atoms with E-state index in [0.29, 0.717) is 0 Å². The van der Waals surface area contributed by atoms with Crippen LogP contribution in [0.2, 0.25) is 0 Å². The summed E-state index contributed by atoms with van der Waals surface area (Å²) >= 11 is 0. The van der Waals surface area contributed by atoms with E-state index in [-0.39, 0.29) is 0 Å². The van der Waals surface area contributed by atoms with E-state index in [1.165, 1.54) is 103 Å². The number of rotatable bonds is 16. The van der Waals surface area contributed by atoms with E-state index in [9.17, 15) is 0 Å². The smallest absolute Gasteiger partial charge is 0.0170 e. The molecular weight excluding hydrogens is 336 g/mol. The fourth-order valence-electron chi connectivity index (χ4n) is 4.90. The number of unbranched alkanes of at least 4 members (excludes halogenated alkanes) is 8. The van der Waals surface area contributed by atoms with Crippen LogP contribution in [0.1, 0.15) is 130 Å². The van der Waals surface area contributed by atoms with E-state index in [1.54, 1.807) is 0 Å². The van der Waals surface area contributed by atoms with Gasteiger partial charge in [0.25, 0.3) is 0 Å². The summed E-state index contributed by atoms with van der Waals surface area (Å²) in [4.78, 5) is 0. The van der Waals surface area contributed by atoms with Crippen LogP contribution < -0.4 is 0 Å². The third-order valence-electron chi connectivity index (χ3n) is 6.87. The minimum absolute atomic E-state index is 0.782. The monoisotopic (exact) mass is 388 g/mol. The van der Waals surface area contributed by atoms with Crippen molar-refractivity contribution >= 4 is 0 Å². The highest BCUT2D eigenvalue weighted by molar-refractivity contribution is 5.09. The van der Waals surface area contributed by atoms with Gasteiger partial charge in [-0.05, 0) is 49.4 Å². The lowest BCUT2D eigenvalue weighted by Crippen LogP contribution is -2.18. The van der Waals surface area contributed by atoms with Crippen LogP contribution in [0.3, 0.4) is 0 Å². The Labute approximate surface area is 178 Å². The first-order valence-electron chi connectivity index (χ1n) is 13.1. The molecule has 0 unspecified atom stereocenters. The van der Waals surface area contributed by atoms with Gasteiger partial charge in [0.1, 0.15) is 0 Å². The van der Waals surface area contributed by atoms with Crippen molar-refractivity contribution in [3.05, 3.63) is 24.3 Å². The van der Waals surface area contributed by atoms with Crippen LogP contribution in [0.4, 0.5) is 0 Å². The first-order chi connectivity index (χ1) is 13.8. The van der Waals surface area contributed by atoms with Crippen molar-refractivity contribution in [2.24, 2.45) is 23.7 Å². The summed E-state index contributed by atoms with van der Waals surface area (Å²) in [6.45, 7) is 9.32. The van der Waals surface area contributed by atoms with Gasteiger partial charge >= 0.3 is 0 Å². The summed E-state index contributed by atoms with van der Waals surface area (Å²) < 4.78 is 0. The van der Waals surface area contributed by atoms with Crippen LogP contribution in [0.5, 0.6) is 0 Å². The average Bonchev–Trinajstić information content (AvgIpc) is 2.69. The summed E-state index contributed by atoms with van der Waals surface area (Å²) in [6, 6.07) is 0. The molecule has 0 N–H and O–H groups in total. The maximum atomic E-state index is 2.68. The van der Waals surface area contributed by atoms with Crippen molar-refractivity contribution in [1.29, 1.82) is 0 Å². The van der Waals surface area contributed by atoms with Crippen LogP contribution in [0.15, 0.2) is 24.3 Å². The average molecular weight is 389 g/mol. The lowest BCUT2D eigenvalue weighted by atomic mass is 9.76. The Hall–Kier alpha value is -0.520. The third-order valence-corrected chi connectivity index (χ3v) is 6.87. The van der Waals surface area contributed by atoms with Gasteiger partial charge in [-0.15, -0.1) is 0 Å². The Balaban J connectivity index is 2.85. The molecule has 0 heteroatoms. The molecule has 28 heavy (non-hydrogen) atoms. The number of allylic oxidation sites excluding steroid dienone is 4. The molecule has 0 saturated heterocycles. The molecule has 0 heterocycles. The lowest BCUT2D eigenvalue weighted by Gasteiger charge is -2.29. The van der Waals surface area contributed by atoms with Crippen LogP contribution >= 0.6 is 0 Å². The molecule has 0 bridgehead atoms. The van der Waals surface area contributed by atoms with Crippen LogP contribution in [-0.4, -0.2) is 0 Å². The minimum Gasteiger partial charge on any atom is -0.0845 e. The molecule has 0 saturated carbocycles. The highest BCUT2D eigenvalue weighted by Gasteiger charge is 2.23. The third kappa shape index (κ3) is 10.9. The number of hydrogen-bond donors (Lipinski definition) is 0. The molecule has 1 aliphatic carbocycles. The Bertz CT molecular complexity index is 317. The minimum atomic E-state index is 0.782. The largest absolute Gasteiger partial charge is 0.0845 e. The van der Waals surface area contributed by atoms with Crippen molar-refractivity contribution in [1.82, 2.24) is 0 Å². The zero-order chi connectivity index (χ0) is 20.5. The standard InChI is InChI=1S/C28H52/c1-5-9-13-17-25-21-22-27(19-15-11-7-3)28(20-16-12-8-4)24-23-26(25)18-14-10-6-2/h21-28H,5-20H2,1-4H3/b22-21-,24-23-/t25-,26+,27+,28-. The van der Waals surface area contributed by atoms with E-state index in [1.807, 2.05) is 0 Å². The van der Waals surface area contributed by atoms with Crippen LogP contribution in [0, 0.1) is 23.7 Å². The van der Waals surface area contributed by atoms with Gasteiger partial charge in [0, 0.05) is 0 Å². The normalized spacial score (nSPS) is 27.3. The molecule has 0 aromatic carbocycles. The molecule has 0 spiro atoms. The van der Waals surface area contributed by atoms with Gasteiger partial charge < -0.3 is 0 Å². The molecule has 0 aromatic heterocycles. The van der Waals surface area contributed by atoms with Gasteiger partial charge in [0.15, 0.2) is 0 Å². The second kappa shape index (κ2) is 17.3. The zero-order valence-electron chi connectivity index (χ0n) is 19.9. The summed E-state index contributed by atoms with van der Waals surface area (Å²) in [5, 5.41) is 0. The molecule has 1 aliphatic rings. The predicted molar refractivity (Wildman–Crippen MR) is 129 cm³/mol. The second-order valence-electron chi connectivity index (χ2n) is 9.41. The van der Waals surface area contributed by atoms with Gasteiger partial charge in [-0.25, -0.2) is 0 Å². The SMILES string of the molecule is CCCCC[C@H]1/C=C\[C@@H](CCCCC)[C@@H](CCCCC)/C=C\[C@H]1CCCCC.